The van der Waals surface area contributed by atoms with Gasteiger partial charge in [0.2, 0.25) is 10.0 Å². The molecule has 0 amide bonds. The van der Waals surface area contributed by atoms with E-state index in [1.807, 2.05) is 33.8 Å². The van der Waals surface area contributed by atoms with Gasteiger partial charge in [0.05, 0.1) is 0 Å². The molecule has 2 fully saturated rings. The molecule has 0 bridgehead atoms. The van der Waals surface area contributed by atoms with Crippen molar-refractivity contribution in [1.82, 2.24) is 19.1 Å². The summed E-state index contributed by atoms with van der Waals surface area (Å²) < 4.78 is 27.6. The van der Waals surface area contributed by atoms with E-state index < -0.39 is 10.0 Å². The summed E-state index contributed by atoms with van der Waals surface area (Å²) >= 11 is 0. The summed E-state index contributed by atoms with van der Waals surface area (Å²) in [6.45, 7) is 13.9. The topological polar surface area (TPSA) is 60.0 Å². The Morgan fingerprint density at radius 3 is 2.21 bits per heavy atom. The molecule has 2 aliphatic rings. The first-order valence-corrected chi connectivity index (χ1v) is 12.3. The number of likely N-dealkylation sites (N-methyl/N-ethyl adjacent to an activating group) is 1. The van der Waals surface area contributed by atoms with Gasteiger partial charge in [0.25, 0.3) is 0 Å². The molecule has 2 saturated heterocycles. The number of anilines is 1. The van der Waals surface area contributed by atoms with Crippen molar-refractivity contribution in [3.63, 3.8) is 0 Å². The number of sulfonamides is 1. The van der Waals surface area contributed by atoms with Crippen LogP contribution in [0.2, 0.25) is 0 Å². The van der Waals surface area contributed by atoms with Crippen molar-refractivity contribution in [2.24, 2.45) is 0 Å². The number of piperidine rings is 1. The van der Waals surface area contributed by atoms with E-state index in [0.717, 1.165) is 38.5 Å². The minimum atomic E-state index is -3.54. The minimum absolute atomic E-state index is 0.0911. The van der Waals surface area contributed by atoms with Gasteiger partial charge in [-0.15, -0.1) is 0 Å². The average molecular weight is 424 g/mol. The van der Waals surface area contributed by atoms with Crippen LogP contribution in [-0.2, 0) is 10.0 Å². The molecule has 1 unspecified atom stereocenters. The molecule has 0 aliphatic carbocycles. The van der Waals surface area contributed by atoms with E-state index in [2.05, 4.69) is 26.7 Å². The number of hydrogen-bond acceptors (Lipinski definition) is 6. The molecule has 1 aromatic heterocycles. The fraction of sp³-hybridized carbons (Fsp3) is 0.762. The highest BCUT2D eigenvalue weighted by Gasteiger charge is 2.30. The summed E-state index contributed by atoms with van der Waals surface area (Å²) in [6.07, 6.45) is 4.09. The number of aromatic nitrogens is 1. The van der Waals surface area contributed by atoms with Crippen molar-refractivity contribution in [2.75, 3.05) is 51.2 Å². The molecule has 0 aromatic carbocycles. The Kier molecular flexibility index (Phi) is 7.19. The number of nitrogens with zero attached hydrogens (tertiary/aromatic N) is 5. The van der Waals surface area contributed by atoms with Crippen molar-refractivity contribution in [1.29, 1.82) is 0 Å². The second kappa shape index (κ2) is 9.29. The van der Waals surface area contributed by atoms with Crippen LogP contribution in [0.3, 0.4) is 0 Å². The summed E-state index contributed by atoms with van der Waals surface area (Å²) in [5, 5.41) is 0. The zero-order valence-corrected chi connectivity index (χ0v) is 19.4. The third kappa shape index (κ3) is 5.10. The maximum absolute atomic E-state index is 13.0. The Bertz CT molecular complexity index is 750. The first-order valence-electron chi connectivity index (χ1n) is 10.9. The lowest BCUT2D eigenvalue weighted by molar-refractivity contribution is 0.106. The Hall–Kier alpha value is -1.22. The van der Waals surface area contributed by atoms with E-state index in [4.69, 9.17) is 0 Å². The molecule has 7 nitrogen and oxygen atoms in total. The Balaban J connectivity index is 1.64. The van der Waals surface area contributed by atoms with Crippen LogP contribution >= 0.6 is 0 Å². The fourth-order valence-electron chi connectivity index (χ4n) is 4.74. The summed E-state index contributed by atoms with van der Waals surface area (Å²) in [5.41, 5.74) is 0. The molecule has 29 heavy (non-hydrogen) atoms. The molecular weight excluding hydrogens is 386 g/mol. The number of pyridine rings is 1. The molecule has 3 rings (SSSR count). The van der Waals surface area contributed by atoms with Crippen LogP contribution < -0.4 is 4.90 Å². The van der Waals surface area contributed by atoms with Gasteiger partial charge in [-0.25, -0.2) is 13.4 Å². The smallest absolute Gasteiger partial charge is 0.245 e. The van der Waals surface area contributed by atoms with E-state index in [1.54, 1.807) is 10.4 Å². The number of piperazine rings is 1. The first kappa shape index (κ1) is 22.5. The lowest BCUT2D eigenvalue weighted by Gasteiger charge is -2.43. The molecule has 2 aliphatic heterocycles. The molecular formula is C21H37N5O2S. The van der Waals surface area contributed by atoms with Crippen molar-refractivity contribution >= 4 is 15.8 Å². The van der Waals surface area contributed by atoms with Crippen molar-refractivity contribution in [3.8, 4) is 0 Å². The van der Waals surface area contributed by atoms with E-state index in [9.17, 15) is 8.42 Å². The van der Waals surface area contributed by atoms with Gasteiger partial charge in [0.1, 0.15) is 10.7 Å². The van der Waals surface area contributed by atoms with E-state index >= 15 is 0 Å². The quantitative estimate of drug-likeness (QED) is 0.698. The average Bonchev–Trinajstić information content (AvgIpc) is 2.67. The Morgan fingerprint density at radius 2 is 1.69 bits per heavy atom. The van der Waals surface area contributed by atoms with E-state index in [-0.39, 0.29) is 17.0 Å². The third-order valence-corrected chi connectivity index (χ3v) is 8.30. The highest BCUT2D eigenvalue weighted by molar-refractivity contribution is 7.89. The molecule has 164 valence electrons. The maximum atomic E-state index is 13.0. The van der Waals surface area contributed by atoms with E-state index in [1.165, 1.54) is 25.6 Å². The normalized spacial score (nSPS) is 22.8. The second-order valence-electron chi connectivity index (χ2n) is 8.96. The lowest BCUT2D eigenvalue weighted by Crippen LogP contribution is -2.54. The van der Waals surface area contributed by atoms with Crippen LogP contribution in [0.1, 0.15) is 40.5 Å². The largest absolute Gasteiger partial charge is 0.354 e. The van der Waals surface area contributed by atoms with Crippen LogP contribution in [0.15, 0.2) is 23.2 Å². The molecule has 3 heterocycles. The maximum Gasteiger partial charge on any atom is 0.245 e. The van der Waals surface area contributed by atoms with Gasteiger partial charge in [-0.05, 0) is 66.3 Å². The van der Waals surface area contributed by atoms with Crippen LogP contribution in [0.5, 0.6) is 0 Å². The monoisotopic (exact) mass is 423 g/mol. The zero-order valence-electron chi connectivity index (χ0n) is 18.6. The highest BCUT2D eigenvalue weighted by atomic mass is 32.2. The number of hydrogen-bond donors (Lipinski definition) is 0. The number of likely N-dealkylation sites (tertiary alicyclic amines) is 1. The van der Waals surface area contributed by atoms with Gasteiger partial charge in [-0.1, -0.05) is 0 Å². The van der Waals surface area contributed by atoms with Gasteiger partial charge < -0.3 is 9.80 Å². The van der Waals surface area contributed by atoms with Gasteiger partial charge in [0.15, 0.2) is 0 Å². The van der Waals surface area contributed by atoms with Crippen molar-refractivity contribution < 1.29 is 8.42 Å². The molecule has 1 aromatic rings. The third-order valence-electron chi connectivity index (χ3n) is 6.07. The predicted octanol–water partition coefficient (Wildman–Crippen LogP) is 2.11. The summed E-state index contributed by atoms with van der Waals surface area (Å²) in [7, 11) is -1.33. The molecule has 8 heteroatoms. The van der Waals surface area contributed by atoms with Crippen molar-refractivity contribution in [3.05, 3.63) is 18.3 Å². The molecule has 1 atom stereocenters. The summed E-state index contributed by atoms with van der Waals surface area (Å²) in [6, 6.07) is 4.04. The predicted molar refractivity (Wildman–Crippen MR) is 118 cm³/mol. The van der Waals surface area contributed by atoms with Crippen LogP contribution in [0, 0.1) is 0 Å². The van der Waals surface area contributed by atoms with Gasteiger partial charge in [-0.2, -0.15) is 4.31 Å². The standard InChI is InChI=1S/C21H37N5O2S/c1-17(2)26(18(3)4)29(27,28)20-8-9-21(22-15-20)25-13-11-24(12-14-25)19-7-6-10-23(5)16-19/h8-9,15,17-19H,6-7,10-14,16H2,1-5H3. The molecule has 0 radical (unpaired) electrons. The summed E-state index contributed by atoms with van der Waals surface area (Å²) in [5.74, 6) is 0.866. The van der Waals surface area contributed by atoms with Gasteiger partial charge in [0, 0.05) is 57.0 Å². The highest BCUT2D eigenvalue weighted by Crippen LogP contribution is 2.23. The van der Waals surface area contributed by atoms with Crippen LogP contribution in [-0.4, -0.2) is 91.9 Å². The Labute approximate surface area is 176 Å². The van der Waals surface area contributed by atoms with Gasteiger partial charge in [-0.3, -0.25) is 4.90 Å². The van der Waals surface area contributed by atoms with Gasteiger partial charge >= 0.3 is 0 Å². The lowest BCUT2D eigenvalue weighted by atomic mass is 10.0. The number of rotatable bonds is 6. The zero-order chi connectivity index (χ0) is 21.2. The first-order chi connectivity index (χ1) is 13.7. The van der Waals surface area contributed by atoms with Crippen LogP contribution in [0.25, 0.3) is 0 Å². The van der Waals surface area contributed by atoms with Crippen LogP contribution in [0.4, 0.5) is 5.82 Å². The molecule has 0 saturated carbocycles. The SMILES string of the molecule is CC(C)N(C(C)C)S(=O)(=O)c1ccc(N2CCN(C3CCCN(C)C3)CC2)nc1. The summed E-state index contributed by atoms with van der Waals surface area (Å²) in [4.78, 5) is 12.1. The Morgan fingerprint density at radius 1 is 1.03 bits per heavy atom. The van der Waals surface area contributed by atoms with E-state index in [0.29, 0.717) is 6.04 Å². The second-order valence-corrected chi connectivity index (χ2v) is 10.8. The molecule has 0 N–H and O–H groups in total. The molecule has 0 spiro atoms. The minimum Gasteiger partial charge on any atom is -0.354 e. The fourth-order valence-corrected chi connectivity index (χ4v) is 6.52. The van der Waals surface area contributed by atoms with Crippen molar-refractivity contribution in [2.45, 2.75) is 63.6 Å².